The van der Waals surface area contributed by atoms with Gasteiger partial charge in [0.1, 0.15) is 30.1 Å². The molecular weight excluding hydrogens is 318 g/mol. The van der Waals surface area contributed by atoms with E-state index in [-0.39, 0.29) is 18.2 Å². The van der Waals surface area contributed by atoms with E-state index in [1.807, 2.05) is 19.1 Å². The van der Waals surface area contributed by atoms with Crippen LogP contribution in [0, 0.1) is 13.8 Å². The minimum absolute atomic E-state index is 0.180. The number of carbonyl (C=O) groups is 1. The molecule has 0 radical (unpaired) electrons. The fraction of sp³-hybridized carbons (Fsp3) is 0.650. The van der Waals surface area contributed by atoms with Crippen LogP contribution in [0.1, 0.15) is 50.7 Å². The highest BCUT2D eigenvalue weighted by Gasteiger charge is 2.34. The first-order chi connectivity index (χ1) is 11.9. The molecule has 0 bridgehead atoms. The van der Waals surface area contributed by atoms with Crippen molar-refractivity contribution in [2.75, 3.05) is 6.61 Å². The number of aryl methyl sites for hydroxylation is 2. The standard InChI is InChI=1S/C20H31NO4/c1-5-9-23-19-15(4)24-20(22)17(21)7-6-8-18(19)25-16-11-13(2)10-14(3)12-16/h10-12,15,17-19H,5-9,21H2,1-4H3/t15-,17-,18-,19-/m0/s1. The number of carbonyl (C=O) groups excluding carboxylic acids is 1. The minimum Gasteiger partial charge on any atom is -0.488 e. The van der Waals surface area contributed by atoms with Crippen LogP contribution < -0.4 is 10.5 Å². The maximum Gasteiger partial charge on any atom is 0.323 e. The lowest BCUT2D eigenvalue weighted by Gasteiger charge is -2.31. The van der Waals surface area contributed by atoms with E-state index >= 15 is 0 Å². The highest BCUT2D eigenvalue weighted by Crippen LogP contribution is 2.25. The molecule has 1 heterocycles. The quantitative estimate of drug-likeness (QED) is 0.826. The summed E-state index contributed by atoms with van der Waals surface area (Å²) in [6.45, 7) is 8.62. The van der Waals surface area contributed by atoms with Gasteiger partial charge >= 0.3 is 5.97 Å². The predicted molar refractivity (Wildman–Crippen MR) is 97.7 cm³/mol. The zero-order valence-corrected chi connectivity index (χ0v) is 15.8. The van der Waals surface area contributed by atoms with Crippen molar-refractivity contribution < 1.29 is 19.0 Å². The smallest absolute Gasteiger partial charge is 0.323 e. The van der Waals surface area contributed by atoms with Crippen molar-refractivity contribution in [2.45, 2.75) is 77.7 Å². The van der Waals surface area contributed by atoms with Crippen molar-refractivity contribution in [3.63, 3.8) is 0 Å². The van der Waals surface area contributed by atoms with Gasteiger partial charge in [0.25, 0.3) is 0 Å². The van der Waals surface area contributed by atoms with Crippen LogP contribution in [0.5, 0.6) is 5.75 Å². The Morgan fingerprint density at radius 2 is 1.88 bits per heavy atom. The Labute approximate surface area is 150 Å². The third-order valence-corrected chi connectivity index (χ3v) is 4.43. The Morgan fingerprint density at radius 3 is 2.52 bits per heavy atom. The summed E-state index contributed by atoms with van der Waals surface area (Å²) in [5.74, 6) is 0.472. The first-order valence-electron chi connectivity index (χ1n) is 9.23. The minimum atomic E-state index is -0.575. The fourth-order valence-electron chi connectivity index (χ4n) is 3.26. The van der Waals surface area contributed by atoms with E-state index in [1.54, 1.807) is 0 Å². The molecule has 1 aliphatic rings. The first kappa shape index (κ1) is 19.7. The lowest BCUT2D eigenvalue weighted by atomic mass is 10.0. The van der Waals surface area contributed by atoms with Gasteiger partial charge < -0.3 is 19.9 Å². The van der Waals surface area contributed by atoms with Crippen molar-refractivity contribution >= 4 is 5.97 Å². The second-order valence-electron chi connectivity index (χ2n) is 6.99. The molecule has 0 amide bonds. The summed E-state index contributed by atoms with van der Waals surface area (Å²) in [6, 6.07) is 5.59. The highest BCUT2D eigenvalue weighted by atomic mass is 16.6. The summed E-state index contributed by atoms with van der Waals surface area (Å²) in [6.07, 6.45) is 2.17. The third kappa shape index (κ3) is 5.72. The highest BCUT2D eigenvalue weighted by molar-refractivity contribution is 5.75. The molecule has 1 fully saturated rings. The van der Waals surface area contributed by atoms with Gasteiger partial charge in [0, 0.05) is 6.61 Å². The maximum atomic E-state index is 12.1. The van der Waals surface area contributed by atoms with Crippen molar-refractivity contribution in [3.05, 3.63) is 29.3 Å². The number of hydrogen-bond donors (Lipinski definition) is 1. The molecule has 1 aromatic carbocycles. The van der Waals surface area contributed by atoms with Crippen molar-refractivity contribution in [1.82, 2.24) is 0 Å². The van der Waals surface area contributed by atoms with Crippen molar-refractivity contribution in [3.8, 4) is 5.75 Å². The second kappa shape index (κ2) is 9.20. The summed E-state index contributed by atoms with van der Waals surface area (Å²) in [4.78, 5) is 12.1. The molecule has 1 aromatic rings. The molecular formula is C20H31NO4. The van der Waals surface area contributed by atoms with Crippen LogP contribution in [0.25, 0.3) is 0 Å². The van der Waals surface area contributed by atoms with E-state index in [1.165, 1.54) is 0 Å². The molecule has 4 atom stereocenters. The van der Waals surface area contributed by atoms with Crippen LogP contribution in [0.2, 0.25) is 0 Å². The number of esters is 1. The summed E-state index contributed by atoms with van der Waals surface area (Å²) in [5.41, 5.74) is 8.22. The van der Waals surface area contributed by atoms with E-state index in [9.17, 15) is 4.79 Å². The normalized spacial score (nSPS) is 27.8. The lowest BCUT2D eigenvalue weighted by Crippen LogP contribution is -2.44. The molecule has 25 heavy (non-hydrogen) atoms. The summed E-state index contributed by atoms with van der Waals surface area (Å²) >= 11 is 0. The SMILES string of the molecule is CCCO[C@H]1[C@H](C)OC(=O)[C@@H](N)CCC[C@@H]1Oc1cc(C)cc(C)c1. The Morgan fingerprint density at radius 1 is 1.20 bits per heavy atom. The summed E-state index contributed by atoms with van der Waals surface area (Å²) < 4.78 is 17.9. The van der Waals surface area contributed by atoms with Crippen LogP contribution in [-0.4, -0.2) is 36.9 Å². The molecule has 2 rings (SSSR count). The van der Waals surface area contributed by atoms with Gasteiger partial charge in [-0.05, 0) is 69.7 Å². The molecule has 0 unspecified atom stereocenters. The molecule has 0 aliphatic carbocycles. The zero-order valence-electron chi connectivity index (χ0n) is 15.8. The number of nitrogens with two attached hydrogens (primary N) is 1. The first-order valence-corrected chi connectivity index (χ1v) is 9.23. The van der Waals surface area contributed by atoms with Gasteiger partial charge in [-0.25, -0.2) is 0 Å². The molecule has 5 heteroatoms. The van der Waals surface area contributed by atoms with E-state index in [4.69, 9.17) is 19.9 Å². The fourth-order valence-corrected chi connectivity index (χ4v) is 3.26. The lowest BCUT2D eigenvalue weighted by molar-refractivity contribution is -0.162. The van der Waals surface area contributed by atoms with Crippen LogP contribution in [0.15, 0.2) is 18.2 Å². The average molecular weight is 349 g/mol. The topological polar surface area (TPSA) is 70.8 Å². The molecule has 1 aliphatic heterocycles. The van der Waals surface area contributed by atoms with Gasteiger partial charge in [-0.3, -0.25) is 4.79 Å². The van der Waals surface area contributed by atoms with Gasteiger partial charge in [-0.2, -0.15) is 0 Å². The number of hydrogen-bond acceptors (Lipinski definition) is 5. The molecule has 0 spiro atoms. The Hall–Kier alpha value is -1.59. The van der Waals surface area contributed by atoms with Crippen molar-refractivity contribution in [1.29, 1.82) is 0 Å². The molecule has 0 saturated carbocycles. The van der Waals surface area contributed by atoms with Crippen LogP contribution in [0.4, 0.5) is 0 Å². The van der Waals surface area contributed by atoms with E-state index in [0.717, 1.165) is 36.1 Å². The second-order valence-corrected chi connectivity index (χ2v) is 6.99. The molecule has 0 aromatic heterocycles. The van der Waals surface area contributed by atoms with Gasteiger partial charge in [0.2, 0.25) is 0 Å². The van der Waals surface area contributed by atoms with E-state index in [2.05, 4.69) is 26.8 Å². The van der Waals surface area contributed by atoms with E-state index < -0.39 is 12.1 Å². The average Bonchev–Trinajstić information content (AvgIpc) is 2.57. The van der Waals surface area contributed by atoms with Gasteiger partial charge in [-0.1, -0.05) is 13.0 Å². The van der Waals surface area contributed by atoms with Crippen molar-refractivity contribution in [2.24, 2.45) is 5.73 Å². The largest absolute Gasteiger partial charge is 0.488 e. The van der Waals surface area contributed by atoms with Crippen LogP contribution >= 0.6 is 0 Å². The summed E-state index contributed by atoms with van der Waals surface area (Å²) in [5, 5.41) is 0. The number of cyclic esters (lactones) is 1. The van der Waals surface area contributed by atoms with Gasteiger partial charge in [-0.15, -0.1) is 0 Å². The Kier molecular flexibility index (Phi) is 7.26. The van der Waals surface area contributed by atoms with E-state index in [0.29, 0.717) is 13.0 Å². The molecule has 2 N–H and O–H groups in total. The number of ether oxygens (including phenoxy) is 3. The maximum absolute atomic E-state index is 12.1. The summed E-state index contributed by atoms with van der Waals surface area (Å²) in [7, 11) is 0. The number of rotatable bonds is 5. The molecule has 1 saturated heterocycles. The third-order valence-electron chi connectivity index (χ3n) is 4.43. The molecule has 140 valence electrons. The van der Waals surface area contributed by atoms with Crippen LogP contribution in [0.3, 0.4) is 0 Å². The number of benzene rings is 1. The zero-order chi connectivity index (χ0) is 18.4. The van der Waals surface area contributed by atoms with Gasteiger partial charge in [0.05, 0.1) is 0 Å². The van der Waals surface area contributed by atoms with Crippen LogP contribution in [-0.2, 0) is 14.3 Å². The monoisotopic (exact) mass is 349 g/mol. The molecule has 5 nitrogen and oxygen atoms in total. The Balaban J connectivity index is 2.23. The predicted octanol–water partition coefficient (Wildman–Crippen LogP) is 3.29. The Bertz CT molecular complexity index is 555. The van der Waals surface area contributed by atoms with Gasteiger partial charge in [0.15, 0.2) is 0 Å².